The van der Waals surface area contributed by atoms with Crippen LogP contribution in [0.5, 0.6) is 0 Å². The number of aromatic nitrogens is 3. The molecule has 0 saturated carbocycles. The van der Waals surface area contributed by atoms with Crippen LogP contribution in [0.1, 0.15) is 21.3 Å². The minimum Gasteiger partial charge on any atom is -0.267 e. The van der Waals surface area contributed by atoms with Gasteiger partial charge in [-0.1, -0.05) is 11.6 Å². The third-order valence-corrected chi connectivity index (χ3v) is 4.93. The summed E-state index contributed by atoms with van der Waals surface area (Å²) in [7, 11) is 0. The molecule has 0 spiro atoms. The molecule has 20 heavy (non-hydrogen) atoms. The van der Waals surface area contributed by atoms with Gasteiger partial charge in [0.05, 0.1) is 10.7 Å². The Morgan fingerprint density at radius 2 is 2.15 bits per heavy atom. The van der Waals surface area contributed by atoms with E-state index in [1.165, 1.54) is 15.7 Å². The van der Waals surface area contributed by atoms with Crippen molar-refractivity contribution in [2.24, 2.45) is 0 Å². The molecule has 0 amide bonds. The quantitative estimate of drug-likeness (QED) is 0.723. The van der Waals surface area contributed by atoms with Gasteiger partial charge in [0.15, 0.2) is 4.96 Å². The first-order valence-corrected chi connectivity index (χ1v) is 7.90. The van der Waals surface area contributed by atoms with Gasteiger partial charge in [-0.15, -0.1) is 22.7 Å². The van der Waals surface area contributed by atoms with Crippen LogP contribution in [0.25, 0.3) is 17.1 Å². The first kappa shape index (κ1) is 13.5. The van der Waals surface area contributed by atoms with Gasteiger partial charge in [0.25, 0.3) is 5.56 Å². The maximum atomic E-state index is 12.2. The molecule has 0 N–H and O–H groups in total. The van der Waals surface area contributed by atoms with Gasteiger partial charge in [-0.25, -0.2) is 9.97 Å². The largest absolute Gasteiger partial charge is 0.278 e. The SMILES string of the molecule is Cc1ncc(C=Cc2nc3scc(C)n3c(=O)c2Cl)s1. The van der Waals surface area contributed by atoms with Crippen LogP contribution in [0.4, 0.5) is 0 Å². The summed E-state index contributed by atoms with van der Waals surface area (Å²) in [5, 5.41) is 3.02. The molecule has 0 atom stereocenters. The average Bonchev–Trinajstić information content (AvgIpc) is 2.99. The third-order valence-electron chi connectivity index (χ3n) is 2.76. The fraction of sp³-hybridized carbons (Fsp3) is 0.154. The van der Waals surface area contributed by atoms with Crippen molar-refractivity contribution in [3.63, 3.8) is 0 Å². The van der Waals surface area contributed by atoms with Crippen molar-refractivity contribution >= 4 is 51.4 Å². The summed E-state index contributed by atoms with van der Waals surface area (Å²) in [6.07, 6.45) is 5.41. The summed E-state index contributed by atoms with van der Waals surface area (Å²) in [4.78, 5) is 22.5. The Morgan fingerprint density at radius 1 is 1.35 bits per heavy atom. The zero-order valence-electron chi connectivity index (χ0n) is 10.8. The van der Waals surface area contributed by atoms with E-state index in [9.17, 15) is 4.79 Å². The van der Waals surface area contributed by atoms with Gasteiger partial charge in [-0.05, 0) is 26.0 Å². The highest BCUT2D eigenvalue weighted by Crippen LogP contribution is 2.20. The predicted octanol–water partition coefficient (Wildman–Crippen LogP) is 3.65. The van der Waals surface area contributed by atoms with Crippen molar-refractivity contribution < 1.29 is 0 Å². The summed E-state index contributed by atoms with van der Waals surface area (Å²) in [6, 6.07) is 0. The van der Waals surface area contributed by atoms with E-state index >= 15 is 0 Å². The molecule has 0 saturated heterocycles. The van der Waals surface area contributed by atoms with Crippen LogP contribution in [-0.4, -0.2) is 14.4 Å². The molecule has 3 heterocycles. The zero-order chi connectivity index (χ0) is 14.3. The molecule has 3 aromatic heterocycles. The molecule has 0 aromatic carbocycles. The Hall–Kier alpha value is -1.50. The molecule has 0 aliphatic heterocycles. The van der Waals surface area contributed by atoms with Crippen molar-refractivity contribution in [3.8, 4) is 0 Å². The van der Waals surface area contributed by atoms with Gasteiger partial charge in [0.1, 0.15) is 5.02 Å². The smallest absolute Gasteiger partial charge is 0.267 e. The highest BCUT2D eigenvalue weighted by atomic mass is 35.5. The lowest BCUT2D eigenvalue weighted by Crippen LogP contribution is -2.16. The number of thiazole rings is 2. The van der Waals surface area contributed by atoms with Gasteiger partial charge in [0.2, 0.25) is 0 Å². The predicted molar refractivity (Wildman–Crippen MR) is 84.9 cm³/mol. The van der Waals surface area contributed by atoms with E-state index in [4.69, 9.17) is 11.6 Å². The van der Waals surface area contributed by atoms with Crippen LogP contribution >= 0.6 is 34.3 Å². The number of rotatable bonds is 2. The van der Waals surface area contributed by atoms with E-state index in [2.05, 4.69) is 9.97 Å². The fourth-order valence-corrected chi connectivity index (χ4v) is 3.55. The summed E-state index contributed by atoms with van der Waals surface area (Å²) in [5.74, 6) is 0. The average molecular weight is 324 g/mol. The maximum Gasteiger partial charge on any atom is 0.278 e. The van der Waals surface area contributed by atoms with Gasteiger partial charge in [0, 0.05) is 22.1 Å². The third kappa shape index (κ3) is 2.30. The van der Waals surface area contributed by atoms with Crippen LogP contribution in [0.3, 0.4) is 0 Å². The molecular weight excluding hydrogens is 314 g/mol. The van der Waals surface area contributed by atoms with Gasteiger partial charge in [-0.3, -0.25) is 9.20 Å². The monoisotopic (exact) mass is 323 g/mol. The van der Waals surface area contributed by atoms with Crippen molar-refractivity contribution in [1.29, 1.82) is 0 Å². The fourth-order valence-electron chi connectivity index (χ4n) is 1.80. The lowest BCUT2D eigenvalue weighted by atomic mass is 10.3. The normalized spacial score (nSPS) is 11.8. The molecule has 3 aromatic rings. The van der Waals surface area contributed by atoms with Crippen LogP contribution in [0, 0.1) is 13.8 Å². The van der Waals surface area contributed by atoms with Gasteiger partial charge < -0.3 is 0 Å². The number of fused-ring (bicyclic) bond motifs is 1. The summed E-state index contributed by atoms with van der Waals surface area (Å²) in [5.41, 5.74) is 1.11. The maximum absolute atomic E-state index is 12.2. The van der Waals surface area contributed by atoms with Crippen LogP contribution in [-0.2, 0) is 0 Å². The Labute approximate surface area is 128 Å². The first-order valence-electron chi connectivity index (χ1n) is 5.83. The number of aryl methyl sites for hydroxylation is 2. The van der Waals surface area contributed by atoms with Crippen molar-refractivity contribution in [3.05, 3.63) is 48.2 Å². The van der Waals surface area contributed by atoms with E-state index in [-0.39, 0.29) is 10.6 Å². The van der Waals surface area contributed by atoms with E-state index in [1.807, 2.05) is 25.3 Å². The van der Waals surface area contributed by atoms with Crippen molar-refractivity contribution in [2.75, 3.05) is 0 Å². The highest BCUT2D eigenvalue weighted by molar-refractivity contribution is 7.15. The Bertz CT molecular complexity index is 875. The second-order valence-corrected chi connectivity index (χ2v) is 6.71. The van der Waals surface area contributed by atoms with Gasteiger partial charge in [-0.2, -0.15) is 0 Å². The van der Waals surface area contributed by atoms with E-state index < -0.39 is 0 Å². The molecule has 0 aliphatic rings. The highest BCUT2D eigenvalue weighted by Gasteiger charge is 2.11. The van der Waals surface area contributed by atoms with E-state index in [0.717, 1.165) is 15.6 Å². The lowest BCUT2D eigenvalue weighted by Gasteiger charge is -2.00. The molecule has 0 fully saturated rings. The van der Waals surface area contributed by atoms with E-state index in [1.54, 1.807) is 23.6 Å². The number of hydrogen-bond donors (Lipinski definition) is 0. The molecule has 4 nitrogen and oxygen atoms in total. The van der Waals surface area contributed by atoms with Crippen LogP contribution < -0.4 is 5.56 Å². The second kappa shape index (κ2) is 5.12. The van der Waals surface area contributed by atoms with Crippen LogP contribution in [0.2, 0.25) is 5.02 Å². The van der Waals surface area contributed by atoms with E-state index in [0.29, 0.717) is 10.7 Å². The Kier molecular flexibility index (Phi) is 3.45. The summed E-state index contributed by atoms with van der Waals surface area (Å²) >= 11 is 9.12. The number of nitrogens with zero attached hydrogens (tertiary/aromatic N) is 3. The number of halogens is 1. The van der Waals surface area contributed by atoms with Gasteiger partial charge >= 0.3 is 0 Å². The van der Waals surface area contributed by atoms with Crippen LogP contribution in [0.15, 0.2) is 16.4 Å². The first-order chi connectivity index (χ1) is 9.56. The van der Waals surface area contributed by atoms with Crippen molar-refractivity contribution in [1.82, 2.24) is 14.4 Å². The molecule has 0 radical (unpaired) electrons. The standard InChI is InChI=1S/C13H10ClN3OS2/c1-7-6-19-13-16-10(11(14)12(18)17(7)13)4-3-9-5-15-8(2)20-9/h3-6H,1-2H3. The molecule has 7 heteroatoms. The molecular formula is C13H10ClN3OS2. The second-order valence-electron chi connectivity index (χ2n) is 4.23. The number of hydrogen-bond acceptors (Lipinski definition) is 5. The topological polar surface area (TPSA) is 47.3 Å². The minimum atomic E-state index is -0.226. The molecule has 3 rings (SSSR count). The Balaban J connectivity index is 2.10. The molecule has 0 unspecified atom stereocenters. The summed E-state index contributed by atoms with van der Waals surface area (Å²) < 4.78 is 1.53. The summed E-state index contributed by atoms with van der Waals surface area (Å²) in [6.45, 7) is 3.80. The molecule has 0 bridgehead atoms. The zero-order valence-corrected chi connectivity index (χ0v) is 13.1. The molecule has 102 valence electrons. The minimum absolute atomic E-state index is 0.140. The molecule has 0 aliphatic carbocycles. The Morgan fingerprint density at radius 3 is 2.85 bits per heavy atom. The van der Waals surface area contributed by atoms with Crippen molar-refractivity contribution in [2.45, 2.75) is 13.8 Å². The lowest BCUT2D eigenvalue weighted by molar-refractivity contribution is 1.02.